The fraction of sp³-hybridized carbons (Fsp3) is 0.333. The lowest BCUT2D eigenvalue weighted by Crippen LogP contribution is -2.27. The SMILES string of the molecule is CC1(C)CC(=O)c2c(n(-c3ccc(C(C)(C)C)cc3)c3c2oc(=O)c2ccccc23)C1. The zero-order valence-electron chi connectivity index (χ0n) is 18.7. The van der Waals surface area contributed by atoms with Crippen LogP contribution in [0, 0.1) is 5.41 Å². The normalized spacial score (nSPS) is 16.1. The number of hydrogen-bond donors (Lipinski definition) is 0. The quantitative estimate of drug-likeness (QED) is 0.374. The average Bonchev–Trinajstić information content (AvgIpc) is 3.00. The second-order valence-corrected chi connectivity index (χ2v) is 10.5. The van der Waals surface area contributed by atoms with E-state index in [1.807, 2.05) is 18.2 Å². The van der Waals surface area contributed by atoms with Crippen LogP contribution in [-0.4, -0.2) is 10.4 Å². The van der Waals surface area contributed by atoms with E-state index in [9.17, 15) is 9.59 Å². The molecule has 0 unspecified atom stereocenters. The van der Waals surface area contributed by atoms with Crippen LogP contribution < -0.4 is 5.63 Å². The molecule has 4 heteroatoms. The van der Waals surface area contributed by atoms with Gasteiger partial charge in [-0.05, 0) is 41.0 Å². The van der Waals surface area contributed by atoms with E-state index in [0.29, 0.717) is 23.0 Å². The van der Waals surface area contributed by atoms with Gasteiger partial charge in [-0.15, -0.1) is 0 Å². The van der Waals surface area contributed by atoms with Gasteiger partial charge in [-0.2, -0.15) is 0 Å². The van der Waals surface area contributed by atoms with Gasteiger partial charge in [0, 0.05) is 23.2 Å². The van der Waals surface area contributed by atoms with Gasteiger partial charge in [-0.25, -0.2) is 4.79 Å². The first-order valence-electron chi connectivity index (χ1n) is 10.8. The molecule has 4 nitrogen and oxygen atoms in total. The third-order valence-corrected chi connectivity index (χ3v) is 6.38. The second-order valence-electron chi connectivity index (χ2n) is 10.5. The van der Waals surface area contributed by atoms with Crippen LogP contribution in [-0.2, 0) is 11.8 Å². The maximum atomic E-state index is 13.2. The van der Waals surface area contributed by atoms with E-state index >= 15 is 0 Å². The predicted molar refractivity (Wildman–Crippen MR) is 124 cm³/mol. The van der Waals surface area contributed by atoms with Gasteiger partial charge in [-0.1, -0.05) is 65.0 Å². The Kier molecular flexibility index (Phi) is 4.11. The van der Waals surface area contributed by atoms with Crippen molar-refractivity contribution < 1.29 is 9.21 Å². The largest absolute Gasteiger partial charge is 0.420 e. The van der Waals surface area contributed by atoms with Gasteiger partial charge < -0.3 is 8.98 Å². The summed E-state index contributed by atoms with van der Waals surface area (Å²) in [5.74, 6) is 0.0414. The molecule has 0 aliphatic heterocycles. The highest BCUT2D eigenvalue weighted by molar-refractivity contribution is 6.14. The van der Waals surface area contributed by atoms with Crippen molar-refractivity contribution >= 4 is 27.7 Å². The molecule has 158 valence electrons. The summed E-state index contributed by atoms with van der Waals surface area (Å²) in [4.78, 5) is 25.9. The van der Waals surface area contributed by atoms with Crippen molar-refractivity contribution in [3.63, 3.8) is 0 Å². The number of nitrogens with zero attached hydrogens (tertiary/aromatic N) is 1. The summed E-state index contributed by atoms with van der Waals surface area (Å²) in [6, 6.07) is 16.0. The highest BCUT2D eigenvalue weighted by Gasteiger charge is 2.37. The summed E-state index contributed by atoms with van der Waals surface area (Å²) < 4.78 is 7.93. The van der Waals surface area contributed by atoms with Gasteiger partial charge in [0.1, 0.15) is 0 Å². The molecule has 0 bridgehead atoms. The molecule has 0 N–H and O–H groups in total. The highest BCUT2D eigenvalue weighted by atomic mass is 16.4. The molecule has 31 heavy (non-hydrogen) atoms. The maximum Gasteiger partial charge on any atom is 0.344 e. The van der Waals surface area contributed by atoms with Crippen LogP contribution >= 0.6 is 0 Å². The first kappa shape index (κ1) is 19.8. The summed E-state index contributed by atoms with van der Waals surface area (Å²) in [7, 11) is 0. The molecule has 2 aromatic carbocycles. The molecule has 0 radical (unpaired) electrons. The van der Waals surface area contributed by atoms with Crippen molar-refractivity contribution in [1.82, 2.24) is 4.57 Å². The Morgan fingerprint density at radius 2 is 1.55 bits per heavy atom. The monoisotopic (exact) mass is 413 g/mol. The number of fused-ring (bicyclic) bond motifs is 5. The molecule has 0 fully saturated rings. The topological polar surface area (TPSA) is 52.2 Å². The summed E-state index contributed by atoms with van der Waals surface area (Å²) >= 11 is 0. The number of hydrogen-bond acceptors (Lipinski definition) is 3. The van der Waals surface area contributed by atoms with Crippen molar-refractivity contribution in [3.05, 3.63) is 75.8 Å². The van der Waals surface area contributed by atoms with E-state index in [2.05, 4.69) is 63.5 Å². The Hall–Kier alpha value is -3.14. The Morgan fingerprint density at radius 1 is 0.903 bits per heavy atom. The molecule has 0 amide bonds. The van der Waals surface area contributed by atoms with Crippen LogP contribution in [0.25, 0.3) is 27.6 Å². The minimum Gasteiger partial charge on any atom is -0.420 e. The van der Waals surface area contributed by atoms with Crippen molar-refractivity contribution in [1.29, 1.82) is 0 Å². The summed E-state index contributed by atoms with van der Waals surface area (Å²) in [6.45, 7) is 10.8. The summed E-state index contributed by atoms with van der Waals surface area (Å²) in [6.07, 6.45) is 1.18. The molecule has 0 saturated heterocycles. The lowest BCUT2D eigenvalue weighted by Gasteiger charge is -2.29. The highest BCUT2D eigenvalue weighted by Crippen LogP contribution is 2.42. The van der Waals surface area contributed by atoms with E-state index in [1.165, 1.54) is 5.56 Å². The predicted octanol–water partition coefficient (Wildman–Crippen LogP) is 6.19. The fourth-order valence-corrected chi connectivity index (χ4v) is 4.84. The smallest absolute Gasteiger partial charge is 0.344 e. The molecule has 0 spiro atoms. The number of Topliss-reactive ketones (excluding diaryl/α,β-unsaturated/α-hetero) is 1. The Balaban J connectivity index is 1.92. The first-order valence-corrected chi connectivity index (χ1v) is 10.8. The molecular formula is C27H27NO3. The van der Waals surface area contributed by atoms with Crippen LogP contribution in [0.3, 0.4) is 0 Å². The Morgan fingerprint density at radius 3 is 2.19 bits per heavy atom. The van der Waals surface area contributed by atoms with E-state index in [0.717, 1.165) is 28.7 Å². The van der Waals surface area contributed by atoms with Crippen molar-refractivity contribution in [2.24, 2.45) is 5.41 Å². The Labute approximate surface area is 181 Å². The molecule has 5 rings (SSSR count). The number of aromatic nitrogens is 1. The van der Waals surface area contributed by atoms with Crippen molar-refractivity contribution in [2.75, 3.05) is 0 Å². The number of carbonyl (C=O) groups is 1. The van der Waals surface area contributed by atoms with Gasteiger partial charge in [0.25, 0.3) is 0 Å². The molecule has 4 aromatic rings. The standard InChI is InChI=1S/C27H27NO3/c1-26(2,3)16-10-12-17(13-11-16)28-20-14-27(4,5)15-21(29)22(20)24-23(28)18-8-6-7-9-19(18)25(30)31-24/h6-13H,14-15H2,1-5H3. The van der Waals surface area contributed by atoms with E-state index < -0.39 is 5.63 Å². The van der Waals surface area contributed by atoms with Crippen LogP contribution in [0.2, 0.25) is 0 Å². The lowest BCUT2D eigenvalue weighted by molar-refractivity contribution is 0.0911. The van der Waals surface area contributed by atoms with Gasteiger partial charge in [0.2, 0.25) is 0 Å². The zero-order chi connectivity index (χ0) is 22.1. The van der Waals surface area contributed by atoms with Crippen LogP contribution in [0.15, 0.2) is 57.7 Å². The van der Waals surface area contributed by atoms with Crippen LogP contribution in [0.5, 0.6) is 0 Å². The number of carbonyl (C=O) groups excluding carboxylic acids is 1. The van der Waals surface area contributed by atoms with Gasteiger partial charge in [-0.3, -0.25) is 4.79 Å². The van der Waals surface area contributed by atoms with E-state index in [1.54, 1.807) is 6.07 Å². The van der Waals surface area contributed by atoms with Crippen molar-refractivity contribution in [2.45, 2.75) is 52.9 Å². The molecule has 2 heterocycles. The average molecular weight is 414 g/mol. The Bertz CT molecular complexity index is 1410. The minimum atomic E-state index is -0.399. The third kappa shape index (κ3) is 3.04. The van der Waals surface area contributed by atoms with Crippen molar-refractivity contribution in [3.8, 4) is 5.69 Å². The molecule has 1 aliphatic rings. The molecule has 2 aromatic heterocycles. The molecule has 1 aliphatic carbocycles. The first-order chi connectivity index (χ1) is 14.6. The third-order valence-electron chi connectivity index (χ3n) is 6.38. The zero-order valence-corrected chi connectivity index (χ0v) is 18.7. The minimum absolute atomic E-state index is 0.0414. The number of rotatable bonds is 1. The maximum absolute atomic E-state index is 13.2. The summed E-state index contributed by atoms with van der Waals surface area (Å²) in [5, 5.41) is 1.35. The van der Waals surface area contributed by atoms with E-state index in [-0.39, 0.29) is 16.6 Å². The number of ketones is 1. The lowest BCUT2D eigenvalue weighted by atomic mass is 9.76. The van der Waals surface area contributed by atoms with Gasteiger partial charge in [0.15, 0.2) is 11.4 Å². The number of benzene rings is 2. The molecule has 0 saturated carbocycles. The van der Waals surface area contributed by atoms with Gasteiger partial charge in [0.05, 0.1) is 16.5 Å². The summed E-state index contributed by atoms with van der Waals surface area (Å²) in [5.41, 5.74) is 4.43. The second kappa shape index (κ2) is 6.43. The van der Waals surface area contributed by atoms with Crippen LogP contribution in [0.4, 0.5) is 0 Å². The van der Waals surface area contributed by atoms with Gasteiger partial charge >= 0.3 is 5.63 Å². The van der Waals surface area contributed by atoms with Crippen LogP contribution in [0.1, 0.15) is 62.7 Å². The fourth-order valence-electron chi connectivity index (χ4n) is 4.84. The van der Waals surface area contributed by atoms with E-state index in [4.69, 9.17) is 4.42 Å². The molecular weight excluding hydrogens is 386 g/mol. The molecule has 0 atom stereocenters.